The molecule has 1 aliphatic rings. The molecule has 108 valence electrons. The van der Waals surface area contributed by atoms with Crippen LogP contribution < -0.4 is 18.9 Å². The Bertz CT molecular complexity index is 635. The van der Waals surface area contributed by atoms with Gasteiger partial charge in [-0.25, -0.2) is 4.79 Å². The van der Waals surface area contributed by atoms with Crippen LogP contribution in [0.1, 0.15) is 0 Å². The smallest absolute Gasteiger partial charge is 0.356 e. The van der Waals surface area contributed by atoms with E-state index in [-0.39, 0.29) is 6.61 Å². The van der Waals surface area contributed by atoms with E-state index in [2.05, 4.69) is 0 Å². The summed E-state index contributed by atoms with van der Waals surface area (Å²) in [6.45, 7) is 0.131. The molecule has 0 amide bonds. The van der Waals surface area contributed by atoms with E-state index in [0.29, 0.717) is 23.0 Å². The number of hydrogen-bond acceptors (Lipinski definition) is 5. The van der Waals surface area contributed by atoms with Crippen LogP contribution in [0.2, 0.25) is 0 Å². The number of esters is 1. The highest BCUT2D eigenvalue weighted by molar-refractivity contribution is 5.78. The molecule has 1 aliphatic heterocycles. The van der Waals surface area contributed by atoms with Gasteiger partial charge in [0.15, 0.2) is 11.5 Å². The maximum atomic E-state index is 12.1. The maximum Gasteiger partial charge on any atom is 0.356 e. The van der Waals surface area contributed by atoms with Crippen LogP contribution >= 0.6 is 0 Å². The van der Waals surface area contributed by atoms with Gasteiger partial charge in [0.25, 0.3) is 0 Å². The molecule has 0 aromatic heterocycles. The number of carbonyl (C=O) groups excluding carboxylic acids is 1. The molecule has 0 unspecified atom stereocenters. The number of rotatable bonds is 3. The third-order valence-corrected chi connectivity index (χ3v) is 3.05. The Kier molecular flexibility index (Phi) is 3.64. The van der Waals surface area contributed by atoms with Crippen molar-refractivity contribution in [1.29, 1.82) is 0 Å². The molecule has 0 aliphatic carbocycles. The van der Waals surface area contributed by atoms with Crippen molar-refractivity contribution in [2.45, 2.75) is 6.10 Å². The van der Waals surface area contributed by atoms with Gasteiger partial charge < -0.3 is 18.9 Å². The molecule has 0 radical (unpaired) electrons. The second-order valence-electron chi connectivity index (χ2n) is 4.46. The third-order valence-electron chi connectivity index (χ3n) is 3.05. The number of para-hydroxylation sites is 2. The molecular weight excluding hydrogens is 272 g/mol. The molecule has 0 N–H and O–H groups in total. The summed E-state index contributed by atoms with van der Waals surface area (Å²) in [5.41, 5.74) is 0. The second-order valence-corrected chi connectivity index (χ2v) is 4.46. The van der Waals surface area contributed by atoms with E-state index in [1.807, 2.05) is 12.1 Å². The molecular formula is C16H14O5. The molecule has 1 heterocycles. The van der Waals surface area contributed by atoms with Crippen LogP contribution in [0.4, 0.5) is 0 Å². The van der Waals surface area contributed by atoms with E-state index in [9.17, 15) is 4.79 Å². The molecule has 3 rings (SSSR count). The predicted octanol–water partition coefficient (Wildman–Crippen LogP) is 2.44. The van der Waals surface area contributed by atoms with Crippen molar-refractivity contribution in [1.82, 2.24) is 0 Å². The lowest BCUT2D eigenvalue weighted by Crippen LogP contribution is -2.39. The van der Waals surface area contributed by atoms with Crippen LogP contribution in [-0.4, -0.2) is 25.8 Å². The lowest BCUT2D eigenvalue weighted by Gasteiger charge is -2.24. The van der Waals surface area contributed by atoms with Crippen molar-refractivity contribution < 1.29 is 23.7 Å². The van der Waals surface area contributed by atoms with E-state index >= 15 is 0 Å². The summed E-state index contributed by atoms with van der Waals surface area (Å²) in [5, 5.41) is 0. The molecule has 2 aromatic rings. The second kappa shape index (κ2) is 5.75. The van der Waals surface area contributed by atoms with Gasteiger partial charge >= 0.3 is 5.97 Å². The molecule has 0 fully saturated rings. The molecule has 21 heavy (non-hydrogen) atoms. The Hall–Kier alpha value is -2.69. The van der Waals surface area contributed by atoms with Gasteiger partial charge in [-0.3, -0.25) is 0 Å². The molecule has 0 saturated carbocycles. The highest BCUT2D eigenvalue weighted by Gasteiger charge is 2.29. The van der Waals surface area contributed by atoms with Gasteiger partial charge in [0, 0.05) is 0 Å². The first-order valence-corrected chi connectivity index (χ1v) is 6.50. The molecule has 0 spiro atoms. The third kappa shape index (κ3) is 2.91. The van der Waals surface area contributed by atoms with E-state index in [4.69, 9.17) is 18.9 Å². The van der Waals surface area contributed by atoms with Crippen LogP contribution in [0, 0.1) is 0 Å². The van der Waals surface area contributed by atoms with Crippen molar-refractivity contribution >= 4 is 5.97 Å². The Morgan fingerprint density at radius 3 is 2.43 bits per heavy atom. The number of carbonyl (C=O) groups is 1. The highest BCUT2D eigenvalue weighted by Crippen LogP contribution is 2.31. The summed E-state index contributed by atoms with van der Waals surface area (Å²) in [6, 6.07) is 14.0. The standard InChI is InChI=1S/C16H14O5/c1-18-11-6-8-12(9-7-11)20-16(17)15-10-19-13-4-2-3-5-14(13)21-15/h2-9,15H,10H2,1H3/t15-/m0/s1. The van der Waals surface area contributed by atoms with Gasteiger partial charge in [0.05, 0.1) is 7.11 Å². The quantitative estimate of drug-likeness (QED) is 0.641. The summed E-state index contributed by atoms with van der Waals surface area (Å²) in [7, 11) is 1.58. The fraction of sp³-hybridized carbons (Fsp3) is 0.188. The largest absolute Gasteiger partial charge is 0.497 e. The van der Waals surface area contributed by atoms with Crippen molar-refractivity contribution in [3.63, 3.8) is 0 Å². The minimum atomic E-state index is -0.776. The van der Waals surface area contributed by atoms with Crippen LogP contribution in [0.15, 0.2) is 48.5 Å². The summed E-state index contributed by atoms with van der Waals surface area (Å²) >= 11 is 0. The first-order valence-electron chi connectivity index (χ1n) is 6.50. The molecule has 2 aromatic carbocycles. The van der Waals surface area contributed by atoms with E-state index in [1.54, 1.807) is 43.5 Å². The average Bonchev–Trinajstić information content (AvgIpc) is 2.55. The summed E-state index contributed by atoms with van der Waals surface area (Å²) in [4.78, 5) is 12.1. The number of fused-ring (bicyclic) bond motifs is 1. The van der Waals surface area contributed by atoms with Crippen molar-refractivity contribution in [2.24, 2.45) is 0 Å². The zero-order valence-electron chi connectivity index (χ0n) is 11.4. The van der Waals surface area contributed by atoms with Gasteiger partial charge in [0.2, 0.25) is 6.10 Å². The first kappa shape index (κ1) is 13.3. The minimum Gasteiger partial charge on any atom is -0.497 e. The number of benzene rings is 2. The zero-order chi connectivity index (χ0) is 14.7. The lowest BCUT2D eigenvalue weighted by molar-refractivity contribution is -0.144. The Balaban J connectivity index is 1.66. The lowest BCUT2D eigenvalue weighted by atomic mass is 10.2. The van der Waals surface area contributed by atoms with Crippen LogP contribution in [0.5, 0.6) is 23.0 Å². The van der Waals surface area contributed by atoms with Crippen molar-refractivity contribution in [2.75, 3.05) is 13.7 Å². The zero-order valence-corrected chi connectivity index (χ0v) is 11.4. The highest BCUT2D eigenvalue weighted by atomic mass is 16.6. The van der Waals surface area contributed by atoms with Crippen LogP contribution in [0.25, 0.3) is 0 Å². The molecule has 0 saturated heterocycles. The fourth-order valence-electron chi connectivity index (χ4n) is 1.96. The molecule has 1 atom stereocenters. The summed E-state index contributed by atoms with van der Waals surface area (Å²) in [5.74, 6) is 1.81. The summed E-state index contributed by atoms with van der Waals surface area (Å²) < 4.78 is 21.4. The van der Waals surface area contributed by atoms with Gasteiger partial charge in [-0.15, -0.1) is 0 Å². The number of methoxy groups -OCH3 is 1. The topological polar surface area (TPSA) is 54.0 Å². The number of ether oxygens (including phenoxy) is 4. The molecule has 5 heteroatoms. The predicted molar refractivity (Wildman–Crippen MR) is 75.0 cm³/mol. The summed E-state index contributed by atoms with van der Waals surface area (Å²) in [6.07, 6.45) is -0.776. The minimum absolute atomic E-state index is 0.131. The Morgan fingerprint density at radius 1 is 1.05 bits per heavy atom. The normalized spacial score (nSPS) is 16.1. The van der Waals surface area contributed by atoms with Gasteiger partial charge in [0.1, 0.15) is 18.1 Å². The van der Waals surface area contributed by atoms with E-state index in [0.717, 1.165) is 0 Å². The Labute approximate surface area is 122 Å². The van der Waals surface area contributed by atoms with E-state index < -0.39 is 12.1 Å². The number of hydrogen-bond donors (Lipinski definition) is 0. The van der Waals surface area contributed by atoms with Crippen molar-refractivity contribution in [3.8, 4) is 23.0 Å². The van der Waals surface area contributed by atoms with Gasteiger partial charge in [-0.1, -0.05) is 12.1 Å². The van der Waals surface area contributed by atoms with Crippen LogP contribution in [-0.2, 0) is 4.79 Å². The molecule has 0 bridgehead atoms. The van der Waals surface area contributed by atoms with Gasteiger partial charge in [-0.2, -0.15) is 0 Å². The average molecular weight is 286 g/mol. The van der Waals surface area contributed by atoms with Crippen LogP contribution in [0.3, 0.4) is 0 Å². The first-order chi connectivity index (χ1) is 10.3. The fourth-order valence-corrected chi connectivity index (χ4v) is 1.96. The SMILES string of the molecule is COc1ccc(OC(=O)[C@@H]2COc3ccccc3O2)cc1. The van der Waals surface area contributed by atoms with E-state index in [1.165, 1.54) is 0 Å². The van der Waals surface area contributed by atoms with Gasteiger partial charge in [-0.05, 0) is 36.4 Å². The molecule has 5 nitrogen and oxygen atoms in total. The maximum absolute atomic E-state index is 12.1. The Morgan fingerprint density at radius 2 is 1.71 bits per heavy atom. The van der Waals surface area contributed by atoms with Crippen molar-refractivity contribution in [3.05, 3.63) is 48.5 Å². The monoisotopic (exact) mass is 286 g/mol.